The molecule has 1 rings (SSSR count). The number of allylic oxidation sites excluding steroid dienone is 2. The predicted octanol–water partition coefficient (Wildman–Crippen LogP) is 5.48. The Labute approximate surface area is 156 Å². The molecule has 0 aromatic carbocycles. The van der Waals surface area contributed by atoms with Crippen molar-refractivity contribution >= 4 is 5.84 Å². The minimum atomic E-state index is 0.278. The summed E-state index contributed by atoms with van der Waals surface area (Å²) in [6.07, 6.45) is 20.5. The van der Waals surface area contributed by atoms with Crippen molar-refractivity contribution in [1.29, 1.82) is 0 Å². The molecule has 0 aromatic rings. The van der Waals surface area contributed by atoms with E-state index in [1.54, 1.807) is 0 Å². The number of unbranched alkanes of at least 4 members (excludes halogenated alkanes) is 9. The van der Waals surface area contributed by atoms with E-state index in [0.717, 1.165) is 37.1 Å². The lowest BCUT2D eigenvalue weighted by molar-refractivity contribution is -0.835. The molecule has 1 N–H and O–H groups in total. The van der Waals surface area contributed by atoms with Crippen molar-refractivity contribution < 1.29 is 9.59 Å². The van der Waals surface area contributed by atoms with Crippen molar-refractivity contribution in [2.45, 2.75) is 90.9 Å². The molecule has 0 saturated heterocycles. The number of hydrogen-bond donors (Lipinski definition) is 1. The fourth-order valence-electron chi connectivity index (χ4n) is 3.88. The number of hydrogen-bond acceptors (Lipinski definition) is 2. The molecule has 0 saturated carbocycles. The van der Waals surface area contributed by atoms with Crippen LogP contribution in [0.15, 0.2) is 17.1 Å². The van der Waals surface area contributed by atoms with E-state index in [4.69, 9.17) is 4.99 Å². The van der Waals surface area contributed by atoms with E-state index in [1.165, 1.54) is 76.5 Å². The van der Waals surface area contributed by atoms with Gasteiger partial charge in [0, 0.05) is 6.42 Å². The van der Waals surface area contributed by atoms with Crippen LogP contribution < -0.4 is 0 Å². The van der Waals surface area contributed by atoms with E-state index in [1.807, 2.05) is 0 Å². The summed E-state index contributed by atoms with van der Waals surface area (Å²) < 4.78 is 0.947. The summed E-state index contributed by atoms with van der Waals surface area (Å²) in [6.45, 7) is 8.74. The van der Waals surface area contributed by atoms with Gasteiger partial charge in [0.2, 0.25) is 0 Å². The van der Waals surface area contributed by atoms with Crippen LogP contribution in [-0.2, 0) is 0 Å². The number of quaternary nitrogens is 1. The number of aliphatic hydroxyl groups is 1. The van der Waals surface area contributed by atoms with Crippen molar-refractivity contribution in [2.24, 2.45) is 4.99 Å². The van der Waals surface area contributed by atoms with E-state index in [-0.39, 0.29) is 6.61 Å². The van der Waals surface area contributed by atoms with E-state index in [9.17, 15) is 5.11 Å². The molecule has 0 aliphatic carbocycles. The maximum absolute atomic E-state index is 9.35. The topological polar surface area (TPSA) is 32.6 Å². The Kier molecular flexibility index (Phi) is 13.0. The van der Waals surface area contributed by atoms with E-state index < -0.39 is 0 Å². The molecule has 0 radical (unpaired) electrons. The molecule has 1 heterocycles. The fraction of sp³-hybridized carbons (Fsp3) is 0.864. The summed E-state index contributed by atoms with van der Waals surface area (Å²) in [5.74, 6) is 1.35. The third kappa shape index (κ3) is 9.01. The summed E-state index contributed by atoms with van der Waals surface area (Å²) in [6, 6.07) is 0. The zero-order valence-electron chi connectivity index (χ0n) is 17.0. The number of aliphatic imine (C=N–C) groups is 1. The SMILES string of the molecule is CCCC/C=C/CCCCCCCCCC1=NCC[N+]1(CC)CCO. The molecule has 0 spiro atoms. The average Bonchev–Trinajstić information content (AvgIpc) is 3.02. The molecule has 3 heteroatoms. The van der Waals surface area contributed by atoms with Gasteiger partial charge in [0.05, 0.1) is 19.7 Å². The van der Waals surface area contributed by atoms with Crippen molar-refractivity contribution in [2.75, 3.05) is 32.8 Å². The van der Waals surface area contributed by atoms with E-state index in [2.05, 4.69) is 26.0 Å². The second-order valence-corrected chi connectivity index (χ2v) is 7.56. The van der Waals surface area contributed by atoms with Gasteiger partial charge in [0.1, 0.15) is 13.1 Å². The first kappa shape index (κ1) is 22.4. The zero-order valence-corrected chi connectivity index (χ0v) is 17.0. The summed E-state index contributed by atoms with van der Waals surface area (Å²) in [5, 5.41) is 9.35. The molecule has 1 atom stereocenters. The lowest BCUT2D eigenvalue weighted by atomic mass is 10.1. The first-order chi connectivity index (χ1) is 12.3. The van der Waals surface area contributed by atoms with Gasteiger partial charge in [0.25, 0.3) is 0 Å². The molecule has 3 nitrogen and oxygen atoms in total. The molecular formula is C22H43N2O+. The van der Waals surface area contributed by atoms with Gasteiger partial charge in [-0.2, -0.15) is 0 Å². The Morgan fingerprint density at radius 3 is 2.20 bits per heavy atom. The fourth-order valence-corrected chi connectivity index (χ4v) is 3.88. The van der Waals surface area contributed by atoms with Gasteiger partial charge < -0.3 is 5.11 Å². The molecule has 1 unspecified atom stereocenters. The average molecular weight is 352 g/mol. The van der Waals surface area contributed by atoms with Crippen molar-refractivity contribution in [3.63, 3.8) is 0 Å². The third-order valence-corrected chi connectivity index (χ3v) is 5.67. The van der Waals surface area contributed by atoms with Gasteiger partial charge in [-0.15, -0.1) is 0 Å². The Morgan fingerprint density at radius 1 is 0.920 bits per heavy atom. The molecule has 1 aliphatic heterocycles. The largest absolute Gasteiger partial charge is 0.390 e. The van der Waals surface area contributed by atoms with Crippen LogP contribution in [-0.4, -0.2) is 48.2 Å². The van der Waals surface area contributed by atoms with Crippen LogP contribution in [0.1, 0.15) is 90.9 Å². The minimum Gasteiger partial charge on any atom is -0.390 e. The van der Waals surface area contributed by atoms with Crippen LogP contribution in [0.4, 0.5) is 0 Å². The predicted molar refractivity (Wildman–Crippen MR) is 110 cm³/mol. The summed E-state index contributed by atoms with van der Waals surface area (Å²) in [5.41, 5.74) is 0. The number of rotatable bonds is 16. The lowest BCUT2D eigenvalue weighted by Crippen LogP contribution is -2.52. The quantitative estimate of drug-likeness (QED) is 0.223. The maximum Gasteiger partial charge on any atom is 0.198 e. The Bertz CT molecular complexity index is 378. The van der Waals surface area contributed by atoms with Crippen LogP contribution in [0.25, 0.3) is 0 Å². The standard InChI is InChI=1S/C22H43N2O/c1-3-5-6-7-8-9-10-11-12-13-14-15-16-17-22-23-18-19-24(22,4-2)20-21-25/h7-8,25H,3-6,9-21H2,1-2H3/q+1/b8-7+. The summed E-state index contributed by atoms with van der Waals surface area (Å²) in [4.78, 5) is 4.74. The van der Waals surface area contributed by atoms with Gasteiger partial charge in [-0.25, -0.2) is 4.99 Å². The van der Waals surface area contributed by atoms with Crippen LogP contribution in [0, 0.1) is 0 Å². The van der Waals surface area contributed by atoms with Crippen LogP contribution in [0.2, 0.25) is 0 Å². The number of nitrogens with zero attached hydrogens (tertiary/aromatic N) is 2. The maximum atomic E-state index is 9.35. The molecule has 25 heavy (non-hydrogen) atoms. The molecule has 0 aromatic heterocycles. The molecular weight excluding hydrogens is 308 g/mol. The van der Waals surface area contributed by atoms with Crippen LogP contribution in [0.3, 0.4) is 0 Å². The van der Waals surface area contributed by atoms with Gasteiger partial charge in [-0.1, -0.05) is 64.0 Å². The first-order valence-corrected chi connectivity index (χ1v) is 10.9. The van der Waals surface area contributed by atoms with E-state index in [0.29, 0.717) is 0 Å². The molecule has 1 aliphatic rings. The van der Waals surface area contributed by atoms with Gasteiger partial charge >= 0.3 is 0 Å². The van der Waals surface area contributed by atoms with Crippen molar-refractivity contribution in [1.82, 2.24) is 0 Å². The third-order valence-electron chi connectivity index (χ3n) is 5.67. The lowest BCUT2D eigenvalue weighted by Gasteiger charge is -2.33. The smallest absolute Gasteiger partial charge is 0.198 e. The summed E-state index contributed by atoms with van der Waals surface area (Å²) >= 11 is 0. The molecule has 0 fully saturated rings. The zero-order chi connectivity index (χ0) is 18.2. The van der Waals surface area contributed by atoms with Crippen molar-refractivity contribution in [3.8, 4) is 0 Å². The highest BCUT2D eigenvalue weighted by atomic mass is 16.3. The number of amidine groups is 1. The molecule has 0 amide bonds. The summed E-state index contributed by atoms with van der Waals surface area (Å²) in [7, 11) is 0. The van der Waals surface area contributed by atoms with Gasteiger partial charge in [-0.3, -0.25) is 4.48 Å². The van der Waals surface area contributed by atoms with Crippen molar-refractivity contribution in [3.05, 3.63) is 12.2 Å². The molecule has 146 valence electrons. The minimum absolute atomic E-state index is 0.278. The highest BCUT2D eigenvalue weighted by Gasteiger charge is 2.35. The second-order valence-electron chi connectivity index (χ2n) is 7.56. The van der Waals surface area contributed by atoms with Crippen LogP contribution >= 0.6 is 0 Å². The highest BCUT2D eigenvalue weighted by Crippen LogP contribution is 2.20. The first-order valence-electron chi connectivity index (χ1n) is 10.9. The highest BCUT2D eigenvalue weighted by molar-refractivity contribution is 5.76. The monoisotopic (exact) mass is 351 g/mol. The van der Waals surface area contributed by atoms with Crippen LogP contribution in [0.5, 0.6) is 0 Å². The van der Waals surface area contributed by atoms with Gasteiger partial charge in [-0.05, 0) is 32.6 Å². The Balaban J connectivity index is 1.97. The number of likely N-dealkylation sites (N-methyl/N-ethyl adjacent to an activating group) is 1. The Hall–Kier alpha value is -0.670. The second kappa shape index (κ2) is 14.5. The Morgan fingerprint density at radius 2 is 1.56 bits per heavy atom. The van der Waals surface area contributed by atoms with E-state index >= 15 is 0 Å². The number of aliphatic hydroxyl groups excluding tert-OH is 1. The normalized spacial score (nSPS) is 20.5. The molecule has 0 bridgehead atoms. The van der Waals surface area contributed by atoms with Gasteiger partial charge in [0.15, 0.2) is 5.84 Å².